The Morgan fingerprint density at radius 2 is 2.00 bits per heavy atom. The van der Waals surface area contributed by atoms with Gasteiger partial charge < -0.3 is 15.1 Å². The Labute approximate surface area is 168 Å². The van der Waals surface area contributed by atoms with Crippen molar-refractivity contribution in [2.75, 3.05) is 13.1 Å². The maximum absolute atomic E-state index is 12.2. The number of rotatable bonds is 6. The van der Waals surface area contributed by atoms with Crippen molar-refractivity contribution in [2.24, 2.45) is 0 Å². The van der Waals surface area contributed by atoms with Gasteiger partial charge in [-0.2, -0.15) is 0 Å². The fourth-order valence-corrected chi connectivity index (χ4v) is 4.04. The zero-order valence-electron chi connectivity index (χ0n) is 15.6. The lowest BCUT2D eigenvalue weighted by atomic mass is 10.0. The maximum atomic E-state index is 12.2. The number of hydrogen-bond acceptors (Lipinski definition) is 5. The van der Waals surface area contributed by atoms with Crippen molar-refractivity contribution >= 4 is 17.4 Å². The summed E-state index contributed by atoms with van der Waals surface area (Å²) in [5.74, 6) is 0.595. The summed E-state index contributed by atoms with van der Waals surface area (Å²) in [6, 6.07) is 14.5. The number of urea groups is 1. The molecular formula is C21H24N4O2S. The quantitative estimate of drug-likeness (QED) is 0.664. The molecule has 2 aromatic heterocycles. The summed E-state index contributed by atoms with van der Waals surface area (Å²) in [7, 11) is 0. The number of nitrogens with zero attached hydrogens (tertiary/aromatic N) is 2. The number of oxazole rings is 1. The molecule has 1 saturated heterocycles. The van der Waals surface area contributed by atoms with E-state index in [1.807, 2.05) is 23.6 Å². The van der Waals surface area contributed by atoms with Gasteiger partial charge in [0.2, 0.25) is 5.89 Å². The van der Waals surface area contributed by atoms with Gasteiger partial charge in [0.25, 0.3) is 0 Å². The van der Waals surface area contributed by atoms with E-state index in [0.29, 0.717) is 12.4 Å². The van der Waals surface area contributed by atoms with Crippen molar-refractivity contribution < 1.29 is 9.21 Å². The van der Waals surface area contributed by atoms with Crippen LogP contribution in [0, 0.1) is 0 Å². The minimum absolute atomic E-state index is 0.151. The van der Waals surface area contributed by atoms with Gasteiger partial charge in [0.15, 0.2) is 0 Å². The van der Waals surface area contributed by atoms with E-state index in [1.165, 1.54) is 5.56 Å². The number of carbonyl (C=O) groups is 1. The predicted molar refractivity (Wildman–Crippen MR) is 110 cm³/mol. The average Bonchev–Trinajstić information content (AvgIpc) is 3.41. The highest BCUT2D eigenvalue weighted by Gasteiger charge is 2.20. The van der Waals surface area contributed by atoms with Crippen LogP contribution < -0.4 is 10.6 Å². The number of likely N-dealkylation sites (tertiary alicyclic amines) is 1. The van der Waals surface area contributed by atoms with Crippen LogP contribution in [0.3, 0.4) is 0 Å². The van der Waals surface area contributed by atoms with Crippen molar-refractivity contribution in [3.8, 4) is 10.8 Å². The van der Waals surface area contributed by atoms with Crippen LogP contribution in [0.1, 0.15) is 24.1 Å². The van der Waals surface area contributed by atoms with E-state index in [0.717, 1.165) is 43.0 Å². The molecule has 2 N–H and O–H groups in total. The molecule has 6 nitrogen and oxygen atoms in total. The van der Waals surface area contributed by atoms with E-state index >= 15 is 0 Å². The molecule has 3 heterocycles. The second-order valence-corrected chi connectivity index (χ2v) is 7.93. The second-order valence-electron chi connectivity index (χ2n) is 6.98. The molecule has 0 bridgehead atoms. The fraction of sp³-hybridized carbons (Fsp3) is 0.333. The van der Waals surface area contributed by atoms with Crippen LogP contribution in [0.2, 0.25) is 0 Å². The number of nitrogens with one attached hydrogen (secondary N) is 2. The summed E-state index contributed by atoms with van der Waals surface area (Å²) < 4.78 is 5.47. The monoisotopic (exact) mass is 396 g/mol. The summed E-state index contributed by atoms with van der Waals surface area (Å²) >= 11 is 1.58. The Bertz CT molecular complexity index is 871. The third-order valence-electron chi connectivity index (χ3n) is 4.89. The van der Waals surface area contributed by atoms with Crippen LogP contribution in [0.15, 0.2) is 58.5 Å². The lowest BCUT2D eigenvalue weighted by Crippen LogP contribution is -2.47. The molecule has 28 heavy (non-hydrogen) atoms. The molecular weight excluding hydrogens is 372 g/mol. The number of thiophene rings is 1. The van der Waals surface area contributed by atoms with Gasteiger partial charge in [0.05, 0.1) is 17.1 Å². The Balaban J connectivity index is 1.18. The first kappa shape index (κ1) is 18.7. The molecule has 0 atom stereocenters. The Morgan fingerprint density at radius 3 is 2.75 bits per heavy atom. The van der Waals surface area contributed by atoms with Crippen LogP contribution >= 0.6 is 11.3 Å². The minimum Gasteiger partial charge on any atom is -0.443 e. The molecule has 1 aliphatic heterocycles. The van der Waals surface area contributed by atoms with Gasteiger partial charge in [0.1, 0.15) is 6.26 Å². The van der Waals surface area contributed by atoms with Gasteiger partial charge >= 0.3 is 6.03 Å². The van der Waals surface area contributed by atoms with Gasteiger partial charge in [0, 0.05) is 25.7 Å². The first-order valence-electron chi connectivity index (χ1n) is 9.55. The molecule has 7 heteroatoms. The molecule has 0 saturated carbocycles. The van der Waals surface area contributed by atoms with Gasteiger partial charge in [-0.15, -0.1) is 11.3 Å². The van der Waals surface area contributed by atoms with Crippen LogP contribution in [-0.2, 0) is 13.1 Å². The smallest absolute Gasteiger partial charge is 0.315 e. The molecule has 2 amide bonds. The van der Waals surface area contributed by atoms with E-state index in [-0.39, 0.29) is 12.1 Å². The van der Waals surface area contributed by atoms with Crippen LogP contribution in [0.4, 0.5) is 4.79 Å². The molecule has 0 aliphatic carbocycles. The summed E-state index contributed by atoms with van der Waals surface area (Å²) in [5.41, 5.74) is 2.05. The van der Waals surface area contributed by atoms with Crippen LogP contribution in [0.25, 0.3) is 10.8 Å². The summed E-state index contributed by atoms with van der Waals surface area (Å²) in [6.07, 6.45) is 3.52. The van der Waals surface area contributed by atoms with Gasteiger partial charge in [-0.1, -0.05) is 36.4 Å². The fourth-order valence-electron chi connectivity index (χ4n) is 3.39. The Hall–Kier alpha value is -2.64. The number of carbonyl (C=O) groups excluding carboxylic acids is 1. The summed E-state index contributed by atoms with van der Waals surface area (Å²) in [4.78, 5) is 20.0. The summed E-state index contributed by atoms with van der Waals surface area (Å²) in [6.45, 7) is 3.31. The first-order chi connectivity index (χ1) is 13.8. The van der Waals surface area contributed by atoms with E-state index in [4.69, 9.17) is 4.42 Å². The minimum atomic E-state index is -0.151. The molecule has 3 aromatic rings. The van der Waals surface area contributed by atoms with Crippen molar-refractivity contribution in [2.45, 2.75) is 32.0 Å². The zero-order valence-corrected chi connectivity index (χ0v) is 16.5. The molecule has 0 radical (unpaired) electrons. The van der Waals surface area contributed by atoms with Crippen LogP contribution in [0.5, 0.6) is 0 Å². The van der Waals surface area contributed by atoms with E-state index < -0.39 is 0 Å². The Kier molecular flexibility index (Phi) is 6.04. The highest BCUT2D eigenvalue weighted by molar-refractivity contribution is 7.13. The highest BCUT2D eigenvalue weighted by Crippen LogP contribution is 2.23. The van der Waals surface area contributed by atoms with Crippen LogP contribution in [-0.4, -0.2) is 35.0 Å². The molecule has 0 unspecified atom stereocenters. The lowest BCUT2D eigenvalue weighted by molar-refractivity contribution is 0.186. The highest BCUT2D eigenvalue weighted by atomic mass is 32.1. The van der Waals surface area contributed by atoms with Gasteiger partial charge in [-0.05, 0) is 29.9 Å². The molecule has 1 aromatic carbocycles. The SMILES string of the molecule is O=C(NCc1coc(-c2cccs2)n1)NC1CCN(Cc2ccccc2)CC1. The molecule has 1 aliphatic rings. The molecule has 146 valence electrons. The van der Waals surface area contributed by atoms with E-state index in [2.05, 4.69) is 44.8 Å². The average molecular weight is 397 g/mol. The standard InChI is InChI=1S/C21H24N4O2S/c26-21(22-13-18-15-27-20(23-18)19-7-4-12-28-19)24-17-8-10-25(11-9-17)14-16-5-2-1-3-6-16/h1-7,12,15,17H,8-11,13-14H2,(H2,22,24,26). The third-order valence-corrected chi connectivity index (χ3v) is 5.74. The van der Waals surface area contributed by atoms with Crippen molar-refractivity contribution in [1.29, 1.82) is 0 Å². The molecule has 4 rings (SSSR count). The first-order valence-corrected chi connectivity index (χ1v) is 10.4. The number of piperidine rings is 1. The second kappa shape index (κ2) is 9.03. The van der Waals surface area contributed by atoms with Gasteiger partial charge in [-0.25, -0.2) is 9.78 Å². The van der Waals surface area contributed by atoms with Gasteiger partial charge in [-0.3, -0.25) is 4.90 Å². The topological polar surface area (TPSA) is 70.4 Å². The van der Waals surface area contributed by atoms with E-state index in [1.54, 1.807) is 17.6 Å². The predicted octanol–water partition coefficient (Wildman–Crippen LogP) is 3.87. The normalized spacial score (nSPS) is 15.4. The number of hydrogen-bond donors (Lipinski definition) is 2. The largest absolute Gasteiger partial charge is 0.443 e. The number of aromatic nitrogens is 1. The molecule has 0 spiro atoms. The van der Waals surface area contributed by atoms with Crippen molar-refractivity contribution in [3.63, 3.8) is 0 Å². The maximum Gasteiger partial charge on any atom is 0.315 e. The Morgan fingerprint density at radius 1 is 1.18 bits per heavy atom. The number of amides is 2. The summed E-state index contributed by atoms with van der Waals surface area (Å²) in [5, 5.41) is 7.93. The van der Waals surface area contributed by atoms with E-state index in [9.17, 15) is 4.79 Å². The van der Waals surface area contributed by atoms with Crippen molar-refractivity contribution in [1.82, 2.24) is 20.5 Å². The third kappa shape index (κ3) is 4.99. The molecule has 1 fully saturated rings. The lowest BCUT2D eigenvalue weighted by Gasteiger charge is -2.32. The zero-order chi connectivity index (χ0) is 19.2. The van der Waals surface area contributed by atoms with Crippen molar-refractivity contribution in [3.05, 3.63) is 65.4 Å². The number of benzene rings is 1.